The molecule has 548 valence electrons. The summed E-state index contributed by atoms with van der Waals surface area (Å²) >= 11 is 40.1. The van der Waals surface area contributed by atoms with E-state index in [2.05, 4.69) is 27.4 Å². The molecular formula is C40H33Cl3N2O4S50. The Morgan fingerprint density at radius 3 is 1.06 bits per heavy atom. The van der Waals surface area contributed by atoms with Crippen molar-refractivity contribution < 1.29 is 19.4 Å². The van der Waals surface area contributed by atoms with Crippen molar-refractivity contribution in [2.75, 3.05) is 6.61 Å². The normalized spacial score (nSPS) is 9.17. The minimum atomic E-state index is -0.972. The summed E-state index contributed by atoms with van der Waals surface area (Å²) in [6.45, 7) is 2.54. The fraction of sp³-hybridized carbons (Fsp3) is 0.100. The van der Waals surface area contributed by atoms with Crippen molar-refractivity contribution in [2.45, 2.75) is 40.5 Å². The van der Waals surface area contributed by atoms with Crippen LogP contribution >= 0.6 is 58.3 Å². The number of aromatic amines is 1. The number of aromatic carboxylic acids is 1. The van der Waals surface area contributed by atoms with Crippen LogP contribution in [0.1, 0.15) is 40.9 Å². The fourth-order valence-electron chi connectivity index (χ4n) is 5.81. The van der Waals surface area contributed by atoms with Crippen molar-refractivity contribution in [2.24, 2.45) is 0 Å². The van der Waals surface area contributed by atoms with Crippen molar-refractivity contribution in [1.82, 2.24) is 9.55 Å². The van der Waals surface area contributed by atoms with Crippen molar-refractivity contribution in [3.8, 4) is 0 Å². The van der Waals surface area contributed by atoms with Crippen molar-refractivity contribution in [3.05, 3.63) is 153 Å². The molecule has 2 N–H and O–H groups in total. The number of carboxylic acid groups (broad SMARTS) is 1. The monoisotopic (exact) mass is 2310 g/mol. The number of rotatable bonds is 9. The van der Waals surface area contributed by atoms with E-state index in [1.807, 2.05) is 307 Å². The molecule has 0 bridgehead atoms. The lowest BCUT2D eigenvalue weighted by atomic mass is 10.2. The van der Waals surface area contributed by atoms with E-state index in [9.17, 15) is 14.7 Å². The molecule has 0 saturated carbocycles. The average Bonchev–Trinajstić information content (AvgIpc) is 1.62. The van der Waals surface area contributed by atoms with Crippen LogP contribution in [-0.2, 0) is 447 Å². The topological polar surface area (TPSA) is 84.3 Å². The number of nitrogens with one attached hydrogen (secondary N) is 1. The number of hydrogen-bond donors (Lipinski definition) is 2. The minimum absolute atomic E-state index is 0. The number of fused-ring (bicyclic) bond motifs is 2. The number of esters is 1. The number of benzene rings is 5. The van der Waals surface area contributed by atoms with E-state index in [1.165, 1.54) is 59.0 Å². The molecule has 2 aromatic heterocycles. The van der Waals surface area contributed by atoms with Gasteiger partial charge in [-0.2, -0.15) is 0 Å². The Morgan fingerprint density at radius 2 is 0.727 bits per heavy atom. The number of halogens is 3. The van der Waals surface area contributed by atoms with Gasteiger partial charge in [0.15, 0.2) is 0 Å². The van der Waals surface area contributed by atoms with Gasteiger partial charge in [-0.1, -0.05) is 126 Å². The van der Waals surface area contributed by atoms with E-state index >= 15 is 0 Å². The molecule has 0 radical (unpaired) electrons. The van der Waals surface area contributed by atoms with Crippen LogP contribution in [-0.4, -0.2) is 33.2 Å². The van der Waals surface area contributed by atoms with Crippen LogP contribution in [0.4, 0.5) is 0 Å². The summed E-state index contributed by atoms with van der Waals surface area (Å²) in [7, 11) is 76.5. The van der Waals surface area contributed by atoms with E-state index < -0.39 is 5.97 Å². The van der Waals surface area contributed by atoms with Gasteiger partial charge in [0.1, 0.15) is 11.4 Å². The zero-order valence-corrected chi connectivity index (χ0v) is 89.2. The smallest absolute Gasteiger partial charge is 0.355 e. The molecule has 0 unspecified atom stereocenters. The van der Waals surface area contributed by atoms with Gasteiger partial charge in [-0.15, -0.1) is 0 Å². The van der Waals surface area contributed by atoms with Crippen molar-refractivity contribution >= 4 is 528 Å². The Hall–Kier alpha value is 6.25. The van der Waals surface area contributed by atoms with Crippen LogP contribution in [0.3, 0.4) is 0 Å². The molecule has 59 heteroatoms. The van der Waals surface area contributed by atoms with Crippen LogP contribution in [0.25, 0.3) is 21.8 Å². The lowest BCUT2D eigenvalue weighted by Gasteiger charge is -2.10. The predicted molar refractivity (Wildman–Crippen MR) is 565 cm³/mol. The molecule has 0 saturated heterocycles. The van der Waals surface area contributed by atoms with E-state index in [0.29, 0.717) is 38.8 Å². The summed E-state index contributed by atoms with van der Waals surface area (Å²) in [6, 6.07) is 38.1. The quantitative estimate of drug-likeness (QED) is 0.136. The third-order valence-corrected chi connectivity index (χ3v) is 105. The second-order valence-corrected chi connectivity index (χ2v) is 95.2. The molecular weight excluding hydrogens is 2280 g/mol. The number of aromatic nitrogens is 2. The van der Waals surface area contributed by atoms with E-state index in [4.69, 9.17) is 61.9 Å². The van der Waals surface area contributed by atoms with Gasteiger partial charge in [-0.25, -0.2) is 9.59 Å². The number of carbonyl (C=O) groups is 2. The van der Waals surface area contributed by atoms with Crippen LogP contribution in [0.15, 0.2) is 141 Å². The summed E-state index contributed by atoms with van der Waals surface area (Å²) < 4.78 is 6.95. The van der Waals surface area contributed by atoms with Gasteiger partial charge in [0.2, 0.25) is 0 Å². The van der Waals surface area contributed by atoms with Gasteiger partial charge < -0.3 is 19.4 Å². The highest BCUT2D eigenvalue weighted by Gasteiger charge is 2.24. The first-order chi connectivity index (χ1) is 48.0. The van der Waals surface area contributed by atoms with Gasteiger partial charge in [-0.05, 0) is 73.2 Å². The molecule has 0 amide bonds. The lowest BCUT2D eigenvalue weighted by Crippen LogP contribution is -2.10. The number of carboxylic acids is 1. The fourth-order valence-corrected chi connectivity index (χ4v) is 118. The van der Waals surface area contributed by atoms with E-state index in [1.54, 1.807) is 181 Å². The van der Waals surface area contributed by atoms with Gasteiger partial charge >= 0.3 is 11.9 Å². The molecule has 0 fully saturated rings. The molecule has 99 heavy (non-hydrogen) atoms. The summed E-state index contributed by atoms with van der Waals surface area (Å²) in [5.41, 5.74) is 3.29. The molecule has 0 aliphatic carbocycles. The van der Waals surface area contributed by atoms with Crippen LogP contribution in [0, 0.1) is 0 Å². The summed E-state index contributed by atoms with van der Waals surface area (Å²) in [4.78, 5) is 31.2. The van der Waals surface area contributed by atoms with Gasteiger partial charge in [0, 0.05) is 483 Å². The zero-order chi connectivity index (χ0) is 70.3. The zero-order valence-electron chi connectivity index (χ0n) is 46.1. The molecule has 2 heterocycles. The molecule has 7 aromatic rings. The first-order valence-electron chi connectivity index (χ1n) is 23.1. The van der Waals surface area contributed by atoms with Crippen LogP contribution in [0.2, 0.25) is 15.1 Å². The van der Waals surface area contributed by atoms with Crippen LogP contribution < -0.4 is 0 Å². The standard InChI is InChI=1S/C22H15Cl2NO2S.C17H14ClNO2S.CH4.S39.S9/c23-15-8-6-14(7-9-15)13-25-19-12-16(24)10-11-18(19)21(20(25)22(26)27)28-17-4-2-1-3-5-17;1-2-21-17(20)15-16(22-12-6-4-3-5-7-12)13-9-8-11(18)10-14(13)19-15;;1-3-5-7-9-11-13-15-17-19-21-23-25-27-29-31-33-35-37-39-38-36-34-32-30-28-26-24-22-20-18-16-14-12-10-8-6-4-2;1-3-5-7-9-8-6-4-2/h1-12H,13H2,(H,26,27);3-10,19H,2H2,1H3;1H4;;. The SMILES string of the molecule is C.CCOC(=O)c1[nH]c2cc(Cl)ccc2c1Sc1ccccc1.O=C(O)c1c(Sc2ccccc2)c2ccc(Cl)cc2n1Cc1ccc(Cl)cc1.S=S=S=S=S=S=S=S=S.S=S=S=S=S=S=S=S=S=S=S=S=S=S=S=S=S=S=S=S=S=S=S=S=S=S=S=S=S=S=S=S=S=S=S=S=S=S=S. The van der Waals surface area contributed by atoms with Gasteiger partial charge in [-0.3, -0.25) is 0 Å². The largest absolute Gasteiger partial charge is 0.477 e. The summed E-state index contributed by atoms with van der Waals surface area (Å²) in [5.74, 6) is -1.33. The van der Waals surface area contributed by atoms with Gasteiger partial charge in [0.05, 0.1) is 21.9 Å². The molecule has 7 rings (SSSR count). The van der Waals surface area contributed by atoms with Crippen molar-refractivity contribution in [1.29, 1.82) is 0 Å². The Morgan fingerprint density at radius 1 is 0.414 bits per heavy atom. The average molecular weight is 2320 g/mol. The molecule has 0 atom stereocenters. The molecule has 5 aromatic carbocycles. The lowest BCUT2D eigenvalue weighted by molar-refractivity contribution is 0.0516. The highest BCUT2D eigenvalue weighted by atomic mass is 35.5. The first-order valence-corrected chi connectivity index (χ1v) is 87.2. The van der Waals surface area contributed by atoms with E-state index in [0.717, 1.165) is 42.1 Å². The summed E-state index contributed by atoms with van der Waals surface area (Å²) in [5, 5.41) is 13.7. The molecule has 6 nitrogen and oxygen atoms in total. The Balaban J connectivity index is 0.000000371. The number of hydrogen-bond acceptors (Lipinski definition) is 9. The predicted octanol–water partition coefficient (Wildman–Crippen LogP) is 12.5. The maximum Gasteiger partial charge on any atom is 0.355 e. The maximum absolute atomic E-state index is 12.2. The molecule has 0 spiro atoms. The number of ether oxygens (including phenoxy) is 1. The van der Waals surface area contributed by atoms with Crippen LogP contribution in [0.5, 0.6) is 0 Å². The number of nitrogens with zero attached hydrogens (tertiary/aromatic N) is 1. The maximum atomic E-state index is 12.2. The third kappa shape index (κ3) is 47.6. The third-order valence-electron chi connectivity index (χ3n) is 8.72. The Kier molecular flexibility index (Phi) is 68.9. The summed E-state index contributed by atoms with van der Waals surface area (Å²) in [6.07, 6.45) is 0. The second-order valence-electron chi connectivity index (χ2n) is 13.9. The highest BCUT2D eigenvalue weighted by molar-refractivity contribution is 8.81. The molecule has 0 aliphatic rings. The highest BCUT2D eigenvalue weighted by Crippen LogP contribution is 2.40. The number of H-pyrrole nitrogens is 1. The van der Waals surface area contributed by atoms with Crippen molar-refractivity contribution in [3.63, 3.8) is 0 Å². The Labute approximate surface area is 740 Å². The first kappa shape index (κ1) is 99.4. The van der Waals surface area contributed by atoms with E-state index in [-0.39, 0.29) is 19.1 Å². The Bertz CT molecular complexity index is 6030. The number of carbonyl (C=O) groups excluding carboxylic acids is 1. The minimum Gasteiger partial charge on any atom is -0.477 e. The second kappa shape index (κ2) is 68.6. The van der Waals surface area contributed by atoms with Gasteiger partial charge in [0.25, 0.3) is 0 Å². The molecule has 0 aliphatic heterocycles.